The second-order valence-electron chi connectivity index (χ2n) is 6.26. The van der Waals surface area contributed by atoms with Gasteiger partial charge in [-0.15, -0.1) is 5.10 Å². The lowest BCUT2D eigenvalue weighted by Crippen LogP contribution is -2.28. The number of amides is 2. The van der Waals surface area contributed by atoms with E-state index in [0.29, 0.717) is 11.4 Å². The maximum atomic E-state index is 14.2. The summed E-state index contributed by atoms with van der Waals surface area (Å²) in [5.41, 5.74) is 1.21. The molecule has 28 heavy (non-hydrogen) atoms. The summed E-state index contributed by atoms with van der Waals surface area (Å²) < 4.78 is 16.3. The smallest absolute Gasteiger partial charge is 0.229 e. The number of hydrogen-bond donors (Lipinski definition) is 1. The number of carbonyl (C=O) groups is 2. The molecule has 1 unspecified atom stereocenters. The highest BCUT2D eigenvalue weighted by Gasteiger charge is 2.36. The van der Waals surface area contributed by atoms with Gasteiger partial charge in [-0.2, -0.15) is 0 Å². The number of nitrogens with one attached hydrogen (secondary N) is 1. The van der Waals surface area contributed by atoms with Crippen molar-refractivity contribution in [1.82, 2.24) is 20.2 Å². The Morgan fingerprint density at radius 2 is 2.07 bits per heavy atom. The van der Waals surface area contributed by atoms with Gasteiger partial charge < -0.3 is 10.2 Å². The molecule has 4 rings (SSSR count). The molecule has 0 bridgehead atoms. The first-order valence-electron chi connectivity index (χ1n) is 8.41. The van der Waals surface area contributed by atoms with Gasteiger partial charge in [-0.05, 0) is 56.7 Å². The average Bonchev–Trinajstić information content (AvgIpc) is 3.34. The zero-order valence-electron chi connectivity index (χ0n) is 14.4. The fourth-order valence-electron chi connectivity index (χ4n) is 3.05. The summed E-state index contributed by atoms with van der Waals surface area (Å²) in [4.78, 5) is 26.6. The molecule has 2 aromatic carbocycles. The van der Waals surface area contributed by atoms with E-state index in [9.17, 15) is 14.0 Å². The normalized spacial score (nSPS) is 16.4. The number of anilines is 2. The molecule has 1 atom stereocenters. The number of carbonyl (C=O) groups excluding carboxylic acids is 2. The van der Waals surface area contributed by atoms with Crippen molar-refractivity contribution < 1.29 is 14.0 Å². The number of para-hydroxylation sites is 1. The number of rotatable bonds is 4. The van der Waals surface area contributed by atoms with Crippen molar-refractivity contribution in [1.29, 1.82) is 0 Å². The van der Waals surface area contributed by atoms with Gasteiger partial charge in [0.1, 0.15) is 12.1 Å². The topological polar surface area (TPSA) is 93.0 Å². The van der Waals surface area contributed by atoms with Crippen molar-refractivity contribution in [2.75, 3.05) is 16.8 Å². The molecule has 1 aliphatic heterocycles. The predicted molar refractivity (Wildman–Crippen MR) is 102 cm³/mol. The lowest BCUT2D eigenvalue weighted by Gasteiger charge is -2.18. The molecule has 142 valence electrons. The van der Waals surface area contributed by atoms with Gasteiger partial charge in [0.25, 0.3) is 0 Å². The summed E-state index contributed by atoms with van der Waals surface area (Å²) in [6.07, 6.45) is 1.42. The molecular weight excluding hydrogens is 431 g/mol. The van der Waals surface area contributed by atoms with E-state index in [1.54, 1.807) is 11.0 Å². The van der Waals surface area contributed by atoms with Crippen LogP contribution in [0.25, 0.3) is 5.69 Å². The third-order valence-electron chi connectivity index (χ3n) is 4.46. The van der Waals surface area contributed by atoms with Gasteiger partial charge in [-0.3, -0.25) is 9.59 Å². The predicted octanol–water partition coefficient (Wildman–Crippen LogP) is 2.56. The van der Waals surface area contributed by atoms with Crippen LogP contribution in [0.4, 0.5) is 15.8 Å². The summed E-state index contributed by atoms with van der Waals surface area (Å²) in [5, 5.41) is 13.4. The second-order valence-corrected chi connectivity index (χ2v) is 7.12. The van der Waals surface area contributed by atoms with Crippen LogP contribution < -0.4 is 10.2 Å². The minimum atomic E-state index is -0.587. The molecule has 1 aromatic heterocycles. The second kappa shape index (κ2) is 7.47. The molecule has 2 amide bonds. The van der Waals surface area contributed by atoms with Crippen molar-refractivity contribution in [2.45, 2.75) is 6.42 Å². The van der Waals surface area contributed by atoms with Crippen molar-refractivity contribution in [3.63, 3.8) is 0 Å². The minimum Gasteiger partial charge on any atom is -0.323 e. The van der Waals surface area contributed by atoms with Crippen LogP contribution in [-0.4, -0.2) is 38.6 Å². The quantitative estimate of drug-likeness (QED) is 0.667. The monoisotopic (exact) mass is 444 g/mol. The van der Waals surface area contributed by atoms with E-state index in [1.807, 2.05) is 18.2 Å². The molecule has 0 radical (unpaired) electrons. The van der Waals surface area contributed by atoms with Crippen LogP contribution in [0.3, 0.4) is 0 Å². The highest BCUT2D eigenvalue weighted by molar-refractivity contribution is 9.10. The average molecular weight is 445 g/mol. The van der Waals surface area contributed by atoms with Crippen LogP contribution in [0, 0.1) is 11.7 Å². The number of aromatic nitrogens is 4. The van der Waals surface area contributed by atoms with Gasteiger partial charge in [-0.25, -0.2) is 9.07 Å². The van der Waals surface area contributed by atoms with Crippen molar-refractivity contribution >= 4 is 39.1 Å². The molecule has 0 saturated carbocycles. The van der Waals surface area contributed by atoms with Gasteiger partial charge in [0.15, 0.2) is 0 Å². The van der Waals surface area contributed by atoms with Crippen LogP contribution in [-0.2, 0) is 9.59 Å². The highest BCUT2D eigenvalue weighted by Crippen LogP contribution is 2.32. The molecular formula is C18H14BrFN6O2. The Labute approximate surface area is 167 Å². The van der Waals surface area contributed by atoms with Gasteiger partial charge in [0, 0.05) is 17.4 Å². The molecule has 1 saturated heterocycles. The van der Waals surface area contributed by atoms with Gasteiger partial charge >= 0.3 is 0 Å². The molecule has 1 aliphatic rings. The molecule has 10 heteroatoms. The Morgan fingerprint density at radius 3 is 2.82 bits per heavy atom. The van der Waals surface area contributed by atoms with Crippen LogP contribution in [0.1, 0.15) is 6.42 Å². The van der Waals surface area contributed by atoms with E-state index in [2.05, 4.69) is 36.8 Å². The summed E-state index contributed by atoms with van der Waals surface area (Å²) >= 11 is 3.42. The fraction of sp³-hybridized carbons (Fsp3) is 0.167. The molecule has 8 nitrogen and oxygen atoms in total. The Kier molecular flexibility index (Phi) is 4.86. The lowest BCUT2D eigenvalue weighted by atomic mass is 10.1. The van der Waals surface area contributed by atoms with Crippen molar-refractivity contribution in [2.24, 2.45) is 5.92 Å². The summed E-state index contributed by atoms with van der Waals surface area (Å²) in [6, 6.07) is 11.5. The largest absolute Gasteiger partial charge is 0.323 e. The Balaban J connectivity index is 1.51. The number of halogens is 2. The summed E-state index contributed by atoms with van der Waals surface area (Å²) in [7, 11) is 0. The Morgan fingerprint density at radius 1 is 1.25 bits per heavy atom. The molecule has 3 aromatic rings. The molecule has 0 spiro atoms. The van der Waals surface area contributed by atoms with Gasteiger partial charge in [0.05, 0.1) is 23.0 Å². The first-order chi connectivity index (χ1) is 13.5. The SMILES string of the molecule is O=C(Nc1cc(-n2cnnn2)ccc1F)C1CC(=O)N(c2ccccc2Br)C1. The summed E-state index contributed by atoms with van der Waals surface area (Å²) in [5.74, 6) is -1.75. The fourth-order valence-corrected chi connectivity index (χ4v) is 3.55. The number of hydrogen-bond acceptors (Lipinski definition) is 5. The van der Waals surface area contributed by atoms with Crippen LogP contribution >= 0.6 is 15.9 Å². The standard InChI is InChI=1S/C18H14BrFN6O2/c19-13-3-1-2-4-16(13)25-9-11(7-17(25)27)18(28)22-15-8-12(5-6-14(15)20)26-10-21-23-24-26/h1-6,8,10-11H,7,9H2,(H,22,28). The molecule has 1 N–H and O–H groups in total. The zero-order valence-corrected chi connectivity index (χ0v) is 16.0. The highest BCUT2D eigenvalue weighted by atomic mass is 79.9. The van der Waals surface area contributed by atoms with E-state index < -0.39 is 17.6 Å². The van der Waals surface area contributed by atoms with Crippen molar-refractivity contribution in [3.05, 3.63) is 59.1 Å². The van der Waals surface area contributed by atoms with E-state index in [-0.39, 0.29) is 24.6 Å². The van der Waals surface area contributed by atoms with E-state index in [4.69, 9.17) is 0 Å². The number of nitrogens with zero attached hydrogens (tertiary/aromatic N) is 5. The van der Waals surface area contributed by atoms with Crippen LogP contribution in [0.2, 0.25) is 0 Å². The van der Waals surface area contributed by atoms with Crippen LogP contribution in [0.5, 0.6) is 0 Å². The maximum Gasteiger partial charge on any atom is 0.229 e. The molecule has 0 aliphatic carbocycles. The Bertz CT molecular complexity index is 1040. The minimum absolute atomic E-state index is 0.00444. The summed E-state index contributed by atoms with van der Waals surface area (Å²) in [6.45, 7) is 0.224. The third kappa shape index (κ3) is 3.50. The van der Waals surface area contributed by atoms with Gasteiger partial charge in [-0.1, -0.05) is 12.1 Å². The van der Waals surface area contributed by atoms with Gasteiger partial charge in [0.2, 0.25) is 11.8 Å². The van der Waals surface area contributed by atoms with Crippen molar-refractivity contribution in [3.8, 4) is 5.69 Å². The third-order valence-corrected chi connectivity index (χ3v) is 5.13. The molecule has 1 fully saturated rings. The van der Waals surface area contributed by atoms with E-state index in [1.165, 1.54) is 29.2 Å². The van der Waals surface area contributed by atoms with E-state index >= 15 is 0 Å². The zero-order chi connectivity index (χ0) is 19.7. The number of tetrazole rings is 1. The number of benzene rings is 2. The van der Waals surface area contributed by atoms with Crippen LogP contribution in [0.15, 0.2) is 53.3 Å². The lowest BCUT2D eigenvalue weighted by molar-refractivity contribution is -0.122. The Hall–Kier alpha value is -3.14. The van der Waals surface area contributed by atoms with E-state index in [0.717, 1.165) is 4.47 Å². The maximum absolute atomic E-state index is 14.2. The molecule has 2 heterocycles. The first-order valence-corrected chi connectivity index (χ1v) is 9.21. The first kappa shape index (κ1) is 18.2.